The molecule has 0 aliphatic heterocycles. The van der Waals surface area contributed by atoms with Crippen molar-refractivity contribution in [3.05, 3.63) is 24.3 Å². The molecule has 1 aromatic carbocycles. The Morgan fingerprint density at radius 3 is 2.35 bits per heavy atom. The predicted octanol–water partition coefficient (Wildman–Crippen LogP) is 2.79. The molecule has 4 nitrogen and oxygen atoms in total. The first-order chi connectivity index (χ1) is 9.41. The summed E-state index contributed by atoms with van der Waals surface area (Å²) in [5.74, 6) is 1.52. The van der Waals surface area contributed by atoms with Crippen LogP contribution in [0.25, 0.3) is 0 Å². The van der Waals surface area contributed by atoms with Crippen LogP contribution in [-0.4, -0.2) is 33.4 Å². The summed E-state index contributed by atoms with van der Waals surface area (Å²) in [4.78, 5) is 0.335. The standard InChI is InChI=1S/C15H24N2O2S/c1-12-5-4-6-13(12)11-16-14-7-9-15(10-8-14)20(18,19)17(2)3/h7-10,12-13,16H,4-6,11H2,1-3H3. The van der Waals surface area contributed by atoms with E-state index in [1.807, 2.05) is 12.1 Å². The third-order valence-corrected chi connectivity index (χ3v) is 6.07. The number of anilines is 1. The molecular weight excluding hydrogens is 272 g/mol. The molecule has 1 fully saturated rings. The van der Waals surface area contributed by atoms with E-state index in [2.05, 4.69) is 12.2 Å². The zero-order valence-electron chi connectivity index (χ0n) is 12.5. The summed E-state index contributed by atoms with van der Waals surface area (Å²) in [5, 5.41) is 3.42. The smallest absolute Gasteiger partial charge is 0.242 e. The molecule has 0 aromatic heterocycles. The molecule has 2 atom stereocenters. The van der Waals surface area contributed by atoms with Crippen LogP contribution in [0.3, 0.4) is 0 Å². The third-order valence-electron chi connectivity index (χ3n) is 4.24. The highest BCUT2D eigenvalue weighted by atomic mass is 32.2. The molecule has 5 heteroatoms. The minimum atomic E-state index is -3.33. The van der Waals surface area contributed by atoms with Gasteiger partial charge in [-0.1, -0.05) is 19.8 Å². The molecule has 0 saturated heterocycles. The van der Waals surface area contributed by atoms with Gasteiger partial charge in [0.15, 0.2) is 0 Å². The van der Waals surface area contributed by atoms with Gasteiger partial charge in [-0.05, 0) is 42.5 Å². The Balaban J connectivity index is 1.98. The summed E-state index contributed by atoms with van der Waals surface area (Å²) in [5.41, 5.74) is 0.988. The zero-order valence-corrected chi connectivity index (χ0v) is 13.3. The van der Waals surface area contributed by atoms with Gasteiger partial charge in [0.25, 0.3) is 0 Å². The van der Waals surface area contributed by atoms with E-state index in [4.69, 9.17) is 0 Å². The Bertz CT molecular complexity index is 537. The fourth-order valence-corrected chi connectivity index (χ4v) is 3.63. The molecule has 0 bridgehead atoms. The molecule has 1 aliphatic carbocycles. The van der Waals surface area contributed by atoms with Crippen LogP contribution in [0, 0.1) is 11.8 Å². The van der Waals surface area contributed by atoms with Crippen LogP contribution in [-0.2, 0) is 10.0 Å². The van der Waals surface area contributed by atoms with Gasteiger partial charge in [0.1, 0.15) is 0 Å². The predicted molar refractivity (Wildman–Crippen MR) is 82.3 cm³/mol. The second kappa shape index (κ2) is 6.14. The van der Waals surface area contributed by atoms with E-state index < -0.39 is 10.0 Å². The van der Waals surface area contributed by atoms with Crippen molar-refractivity contribution >= 4 is 15.7 Å². The van der Waals surface area contributed by atoms with Crippen molar-refractivity contribution in [1.82, 2.24) is 4.31 Å². The van der Waals surface area contributed by atoms with Crippen molar-refractivity contribution in [3.63, 3.8) is 0 Å². The average molecular weight is 296 g/mol. The van der Waals surface area contributed by atoms with E-state index in [1.54, 1.807) is 26.2 Å². The Kier molecular flexibility index (Phi) is 4.70. The fraction of sp³-hybridized carbons (Fsp3) is 0.600. The first-order valence-electron chi connectivity index (χ1n) is 7.17. The van der Waals surface area contributed by atoms with Crippen molar-refractivity contribution < 1.29 is 8.42 Å². The van der Waals surface area contributed by atoms with Crippen molar-refractivity contribution in [2.45, 2.75) is 31.1 Å². The lowest BCUT2D eigenvalue weighted by molar-refractivity contribution is 0.439. The first kappa shape index (κ1) is 15.3. The number of hydrogen-bond donors (Lipinski definition) is 1. The van der Waals surface area contributed by atoms with Crippen LogP contribution in [0.5, 0.6) is 0 Å². The Labute approximate surface area is 122 Å². The summed E-state index contributed by atoms with van der Waals surface area (Å²) in [7, 11) is -0.238. The summed E-state index contributed by atoms with van der Waals surface area (Å²) < 4.78 is 25.1. The van der Waals surface area contributed by atoms with Crippen molar-refractivity contribution in [3.8, 4) is 0 Å². The van der Waals surface area contributed by atoms with Crippen LogP contribution in [0.4, 0.5) is 5.69 Å². The maximum absolute atomic E-state index is 12.0. The summed E-state index contributed by atoms with van der Waals surface area (Å²) in [6.07, 6.45) is 3.95. The van der Waals surface area contributed by atoms with E-state index in [9.17, 15) is 8.42 Å². The minimum Gasteiger partial charge on any atom is -0.385 e. The highest BCUT2D eigenvalue weighted by Gasteiger charge is 2.23. The molecule has 0 amide bonds. The van der Waals surface area contributed by atoms with Crippen LogP contribution in [0.15, 0.2) is 29.2 Å². The Morgan fingerprint density at radius 1 is 1.20 bits per heavy atom. The minimum absolute atomic E-state index is 0.335. The van der Waals surface area contributed by atoms with Gasteiger partial charge < -0.3 is 5.32 Å². The monoisotopic (exact) mass is 296 g/mol. The average Bonchev–Trinajstić information content (AvgIpc) is 2.82. The highest BCUT2D eigenvalue weighted by molar-refractivity contribution is 7.89. The molecule has 0 spiro atoms. The molecule has 1 saturated carbocycles. The van der Waals surface area contributed by atoms with E-state index in [1.165, 1.54) is 23.6 Å². The SMILES string of the molecule is CC1CCCC1CNc1ccc(S(=O)(=O)N(C)C)cc1. The number of hydrogen-bond acceptors (Lipinski definition) is 3. The topological polar surface area (TPSA) is 49.4 Å². The molecule has 1 N–H and O–H groups in total. The maximum atomic E-state index is 12.0. The third kappa shape index (κ3) is 3.33. The van der Waals surface area contributed by atoms with E-state index >= 15 is 0 Å². The van der Waals surface area contributed by atoms with Crippen LogP contribution in [0.2, 0.25) is 0 Å². The Morgan fingerprint density at radius 2 is 1.85 bits per heavy atom. The lowest BCUT2D eigenvalue weighted by Crippen LogP contribution is -2.22. The molecule has 0 radical (unpaired) electrons. The first-order valence-corrected chi connectivity index (χ1v) is 8.61. The second-order valence-corrected chi connectivity index (χ2v) is 8.01. The fourth-order valence-electron chi connectivity index (χ4n) is 2.73. The molecule has 20 heavy (non-hydrogen) atoms. The van der Waals surface area contributed by atoms with Gasteiger partial charge in [-0.15, -0.1) is 0 Å². The molecule has 0 heterocycles. The van der Waals surface area contributed by atoms with Gasteiger partial charge in [-0.3, -0.25) is 0 Å². The largest absolute Gasteiger partial charge is 0.385 e. The number of rotatable bonds is 5. The summed E-state index contributed by atoms with van der Waals surface area (Å²) in [6.45, 7) is 3.28. The van der Waals surface area contributed by atoms with E-state index in [0.29, 0.717) is 4.90 Å². The van der Waals surface area contributed by atoms with Gasteiger partial charge in [-0.2, -0.15) is 0 Å². The lowest BCUT2D eigenvalue weighted by atomic mass is 9.98. The number of sulfonamides is 1. The van der Waals surface area contributed by atoms with Gasteiger partial charge in [0.2, 0.25) is 10.0 Å². The number of nitrogens with one attached hydrogen (secondary N) is 1. The second-order valence-electron chi connectivity index (χ2n) is 5.86. The van der Waals surface area contributed by atoms with Crippen molar-refractivity contribution in [1.29, 1.82) is 0 Å². The van der Waals surface area contributed by atoms with Crippen LogP contribution >= 0.6 is 0 Å². The van der Waals surface area contributed by atoms with Gasteiger partial charge in [-0.25, -0.2) is 12.7 Å². The van der Waals surface area contributed by atoms with E-state index in [-0.39, 0.29) is 0 Å². The van der Waals surface area contributed by atoms with Crippen molar-refractivity contribution in [2.75, 3.05) is 26.0 Å². The highest BCUT2D eigenvalue weighted by Crippen LogP contribution is 2.31. The summed E-state index contributed by atoms with van der Waals surface area (Å²) >= 11 is 0. The quantitative estimate of drug-likeness (QED) is 0.909. The molecule has 1 aromatic rings. The molecule has 1 aliphatic rings. The van der Waals surface area contributed by atoms with E-state index in [0.717, 1.165) is 24.1 Å². The lowest BCUT2D eigenvalue weighted by Gasteiger charge is -2.17. The summed E-state index contributed by atoms with van der Waals surface area (Å²) in [6, 6.07) is 7.01. The van der Waals surface area contributed by atoms with Gasteiger partial charge in [0.05, 0.1) is 4.90 Å². The zero-order chi connectivity index (χ0) is 14.8. The Hall–Kier alpha value is -1.07. The van der Waals surface area contributed by atoms with Crippen LogP contribution < -0.4 is 5.32 Å². The molecule has 2 rings (SSSR count). The maximum Gasteiger partial charge on any atom is 0.242 e. The number of benzene rings is 1. The molecule has 2 unspecified atom stereocenters. The molecule has 112 valence electrons. The van der Waals surface area contributed by atoms with Gasteiger partial charge >= 0.3 is 0 Å². The van der Waals surface area contributed by atoms with Crippen LogP contribution in [0.1, 0.15) is 26.2 Å². The normalized spacial score (nSPS) is 23.2. The van der Waals surface area contributed by atoms with Crippen molar-refractivity contribution in [2.24, 2.45) is 11.8 Å². The molecular formula is C15H24N2O2S. The number of nitrogens with zero attached hydrogens (tertiary/aromatic N) is 1. The van der Waals surface area contributed by atoms with Gasteiger partial charge in [0, 0.05) is 26.3 Å².